The Morgan fingerprint density at radius 3 is 1.35 bits per heavy atom. The largest absolute Gasteiger partial charge is 1.00 e. The first-order valence-electron chi connectivity index (χ1n) is 8.84. The van der Waals surface area contributed by atoms with Gasteiger partial charge >= 0.3 is 0 Å². The summed E-state index contributed by atoms with van der Waals surface area (Å²) in [5.74, 6) is 0. The minimum atomic E-state index is 0. The van der Waals surface area contributed by atoms with Gasteiger partial charge in [0, 0.05) is 0 Å². The molecule has 0 saturated heterocycles. The average molecular weight is 416 g/mol. The van der Waals surface area contributed by atoms with Crippen molar-refractivity contribution in [2.75, 3.05) is 55.4 Å². The number of halogens is 2. The third-order valence-corrected chi connectivity index (χ3v) is 3.36. The molecule has 144 valence electrons. The van der Waals surface area contributed by atoms with Gasteiger partial charge in [0.1, 0.15) is 0 Å². The van der Waals surface area contributed by atoms with Crippen LogP contribution < -0.4 is 29.4 Å². The monoisotopic (exact) mass is 414 g/mol. The van der Waals surface area contributed by atoms with E-state index < -0.39 is 0 Å². The quantitative estimate of drug-likeness (QED) is 0.224. The number of quaternary nitrogens is 2. The molecule has 23 heavy (non-hydrogen) atoms. The molecule has 0 saturated carbocycles. The molecule has 0 spiro atoms. The molecule has 0 rings (SSSR count). The van der Waals surface area contributed by atoms with Crippen LogP contribution in [0.4, 0.5) is 0 Å². The summed E-state index contributed by atoms with van der Waals surface area (Å²) < 4.78 is 2.10. The number of unbranched alkanes of at least 4 members (excludes halogenated alkanes) is 7. The molecular formula is C19H44BrClN2. The summed E-state index contributed by atoms with van der Waals surface area (Å²) in [6.07, 6.45) is 13.4. The Bertz CT molecular complexity index is 233. The van der Waals surface area contributed by atoms with Gasteiger partial charge in [0.15, 0.2) is 0 Å². The van der Waals surface area contributed by atoms with Crippen LogP contribution in [0.1, 0.15) is 58.3 Å². The Morgan fingerprint density at radius 2 is 1.09 bits per heavy atom. The van der Waals surface area contributed by atoms with Crippen LogP contribution in [-0.2, 0) is 0 Å². The first kappa shape index (κ1) is 31.2. The number of likely N-dealkylation sites (N-methyl/N-ethyl adjacent to an activating group) is 1. The maximum atomic E-state index is 3.63. The molecule has 0 aliphatic rings. The maximum absolute atomic E-state index is 3.63. The lowest BCUT2D eigenvalue weighted by Gasteiger charge is -2.23. The van der Waals surface area contributed by atoms with Gasteiger partial charge in [0.25, 0.3) is 0 Å². The molecule has 0 N–H and O–H groups in total. The Balaban J connectivity index is -0.000000173. The summed E-state index contributed by atoms with van der Waals surface area (Å²) in [6, 6.07) is 0. The van der Waals surface area contributed by atoms with Gasteiger partial charge in [-0.15, -0.1) is 0 Å². The van der Waals surface area contributed by atoms with E-state index in [0.29, 0.717) is 0 Å². The van der Waals surface area contributed by atoms with Crippen LogP contribution in [0, 0.1) is 0 Å². The normalized spacial score (nSPS) is 10.7. The summed E-state index contributed by atoms with van der Waals surface area (Å²) in [7, 11) is 13.3. The van der Waals surface area contributed by atoms with Crippen LogP contribution >= 0.6 is 0 Å². The summed E-state index contributed by atoms with van der Waals surface area (Å²) >= 11 is 0. The lowest BCUT2D eigenvalue weighted by molar-refractivity contribution is -0.870. The number of nitrogens with zero attached hydrogens (tertiary/aromatic N) is 2. The van der Waals surface area contributed by atoms with Crippen molar-refractivity contribution in [2.24, 2.45) is 0 Å². The molecule has 0 fully saturated rings. The van der Waals surface area contributed by atoms with Gasteiger partial charge in [-0.25, -0.2) is 0 Å². The van der Waals surface area contributed by atoms with Crippen molar-refractivity contribution in [3.63, 3.8) is 0 Å². The Hall–Kier alpha value is 0.430. The van der Waals surface area contributed by atoms with E-state index in [2.05, 4.69) is 55.8 Å². The van der Waals surface area contributed by atoms with E-state index in [0.717, 1.165) is 15.5 Å². The molecule has 0 radical (unpaired) electrons. The second-order valence-corrected chi connectivity index (χ2v) is 8.25. The minimum Gasteiger partial charge on any atom is -1.00 e. The highest BCUT2D eigenvalue weighted by Crippen LogP contribution is 2.09. The maximum Gasteiger partial charge on any atom is 0.0964 e. The molecule has 0 aromatic carbocycles. The molecular weight excluding hydrogens is 372 g/mol. The first-order chi connectivity index (χ1) is 9.62. The summed E-state index contributed by atoms with van der Waals surface area (Å²) in [6.45, 7) is 8.28. The molecule has 0 aliphatic carbocycles. The van der Waals surface area contributed by atoms with Crippen LogP contribution in [0.25, 0.3) is 0 Å². The number of rotatable bonds is 11. The van der Waals surface area contributed by atoms with Crippen molar-refractivity contribution in [1.82, 2.24) is 0 Å². The predicted molar refractivity (Wildman–Crippen MR) is 98.6 cm³/mol. The molecule has 0 unspecified atom stereocenters. The SMILES string of the molecule is C=CC[N+](C)(C)C.CCCCCCCCCC[N+](C)(C)C.[Br-].[Cl-]. The lowest BCUT2D eigenvalue weighted by Crippen LogP contribution is -3.00. The van der Waals surface area contributed by atoms with E-state index in [4.69, 9.17) is 0 Å². The van der Waals surface area contributed by atoms with Gasteiger partial charge < -0.3 is 38.4 Å². The molecule has 0 aromatic heterocycles. The molecule has 0 amide bonds. The second kappa shape index (κ2) is 18.8. The fourth-order valence-corrected chi connectivity index (χ4v) is 2.11. The zero-order chi connectivity index (χ0) is 16.8. The van der Waals surface area contributed by atoms with Crippen LogP contribution in [-0.4, -0.2) is 64.3 Å². The van der Waals surface area contributed by atoms with Gasteiger partial charge in [-0.2, -0.15) is 0 Å². The summed E-state index contributed by atoms with van der Waals surface area (Å²) in [5.41, 5.74) is 0. The van der Waals surface area contributed by atoms with Gasteiger partial charge in [-0.1, -0.05) is 52.0 Å². The van der Waals surface area contributed by atoms with E-state index in [1.165, 1.54) is 57.9 Å². The standard InChI is InChI=1S/C13H30N.C6H14N.BrH.ClH/c1-5-6-7-8-9-10-11-12-13-14(2,3)4;1-5-6-7(2,3)4;;/h5-13H2,1-4H3;5H,1,6H2,2-4H3;2*1H/q2*+1;;/p-2. The van der Waals surface area contributed by atoms with Gasteiger partial charge in [-0.05, 0) is 18.9 Å². The highest BCUT2D eigenvalue weighted by molar-refractivity contribution is 4.63. The number of hydrogen-bond acceptors (Lipinski definition) is 0. The van der Waals surface area contributed by atoms with E-state index in [1.54, 1.807) is 0 Å². The lowest BCUT2D eigenvalue weighted by atomic mass is 10.1. The fraction of sp³-hybridized carbons (Fsp3) is 0.895. The van der Waals surface area contributed by atoms with Crippen LogP contribution in [0.2, 0.25) is 0 Å². The third kappa shape index (κ3) is 39.3. The Kier molecular flexibility index (Phi) is 25.5. The van der Waals surface area contributed by atoms with E-state index in [-0.39, 0.29) is 29.4 Å². The highest BCUT2D eigenvalue weighted by atomic mass is 79.9. The van der Waals surface area contributed by atoms with E-state index >= 15 is 0 Å². The number of hydrogen-bond donors (Lipinski definition) is 0. The zero-order valence-electron chi connectivity index (χ0n) is 17.0. The topological polar surface area (TPSA) is 0 Å². The van der Waals surface area contributed by atoms with Crippen LogP contribution in [0.5, 0.6) is 0 Å². The molecule has 2 nitrogen and oxygen atoms in total. The Morgan fingerprint density at radius 1 is 0.696 bits per heavy atom. The van der Waals surface area contributed by atoms with E-state index in [1.807, 2.05) is 6.08 Å². The molecule has 0 bridgehead atoms. The molecule has 0 heterocycles. The summed E-state index contributed by atoms with van der Waals surface area (Å²) in [5, 5.41) is 0. The van der Waals surface area contributed by atoms with Gasteiger partial charge in [0.2, 0.25) is 0 Å². The second-order valence-electron chi connectivity index (χ2n) is 8.25. The van der Waals surface area contributed by atoms with Crippen molar-refractivity contribution in [1.29, 1.82) is 0 Å². The fourth-order valence-electron chi connectivity index (χ4n) is 2.11. The molecule has 0 aromatic rings. The van der Waals surface area contributed by atoms with Gasteiger partial charge in [-0.3, -0.25) is 0 Å². The van der Waals surface area contributed by atoms with Crippen LogP contribution in [0.15, 0.2) is 12.7 Å². The highest BCUT2D eigenvalue weighted by Gasteiger charge is 2.04. The van der Waals surface area contributed by atoms with E-state index in [9.17, 15) is 0 Å². The summed E-state index contributed by atoms with van der Waals surface area (Å²) in [4.78, 5) is 0. The predicted octanol–water partition coefficient (Wildman–Crippen LogP) is -1.28. The molecule has 4 heteroatoms. The average Bonchev–Trinajstić information content (AvgIpc) is 2.30. The van der Waals surface area contributed by atoms with Crippen molar-refractivity contribution < 1.29 is 38.4 Å². The molecule has 0 aliphatic heterocycles. The van der Waals surface area contributed by atoms with Crippen molar-refractivity contribution in [2.45, 2.75) is 58.3 Å². The minimum absolute atomic E-state index is 0. The van der Waals surface area contributed by atoms with Crippen molar-refractivity contribution in [3.8, 4) is 0 Å². The third-order valence-electron chi connectivity index (χ3n) is 3.36. The zero-order valence-corrected chi connectivity index (χ0v) is 19.3. The van der Waals surface area contributed by atoms with Crippen molar-refractivity contribution in [3.05, 3.63) is 12.7 Å². The molecule has 0 atom stereocenters. The Labute approximate surface area is 164 Å². The smallest absolute Gasteiger partial charge is 0.0964 e. The van der Waals surface area contributed by atoms with Gasteiger partial charge in [0.05, 0.1) is 55.4 Å². The first-order valence-corrected chi connectivity index (χ1v) is 8.84. The van der Waals surface area contributed by atoms with Crippen molar-refractivity contribution >= 4 is 0 Å². The van der Waals surface area contributed by atoms with Crippen LogP contribution in [0.3, 0.4) is 0 Å².